The number of carbonyl (C=O) groups excluding carboxylic acids is 2. The van der Waals surface area contributed by atoms with E-state index in [1.807, 2.05) is 12.2 Å². The summed E-state index contributed by atoms with van der Waals surface area (Å²) in [6.45, 7) is 4.58. The van der Waals surface area contributed by atoms with Crippen molar-refractivity contribution in [2.45, 2.75) is 39.5 Å². The van der Waals surface area contributed by atoms with Gasteiger partial charge in [0.2, 0.25) is 0 Å². The molecule has 0 unspecified atom stereocenters. The van der Waals surface area contributed by atoms with Gasteiger partial charge in [0.05, 0.1) is 0 Å². The molecule has 0 saturated heterocycles. The Balaban J connectivity index is 3.74. The normalized spacial score (nSPS) is 11.5. The van der Waals surface area contributed by atoms with E-state index < -0.39 is 11.9 Å². The molecule has 0 heterocycles. The summed E-state index contributed by atoms with van der Waals surface area (Å²) in [6.07, 6.45) is 13.7. The van der Waals surface area contributed by atoms with Crippen LogP contribution in [-0.2, 0) is 19.1 Å². The Morgan fingerprint density at radius 2 is 1.15 bits per heavy atom. The van der Waals surface area contributed by atoms with Crippen molar-refractivity contribution in [1.82, 2.24) is 0 Å². The van der Waals surface area contributed by atoms with E-state index in [1.54, 1.807) is 12.2 Å². The quantitative estimate of drug-likeness (QED) is 0.350. The van der Waals surface area contributed by atoms with Crippen LogP contribution >= 0.6 is 0 Å². The molecule has 0 aromatic rings. The van der Waals surface area contributed by atoms with Gasteiger partial charge in [-0.2, -0.15) is 0 Å². The van der Waals surface area contributed by atoms with Crippen molar-refractivity contribution in [3.05, 3.63) is 36.5 Å². The van der Waals surface area contributed by atoms with E-state index in [2.05, 4.69) is 13.8 Å². The van der Waals surface area contributed by atoms with E-state index >= 15 is 0 Å². The highest BCUT2D eigenvalue weighted by Crippen LogP contribution is 1.91. The number of ether oxygens (including phenoxy) is 2. The summed E-state index contributed by atoms with van der Waals surface area (Å²) in [6, 6.07) is 0. The second kappa shape index (κ2) is 13.6. The van der Waals surface area contributed by atoms with Gasteiger partial charge in [-0.25, -0.2) is 9.59 Å². The van der Waals surface area contributed by atoms with Gasteiger partial charge in [-0.05, 0) is 12.8 Å². The molecule has 0 aliphatic heterocycles. The third-order valence-electron chi connectivity index (χ3n) is 2.24. The molecule has 0 fully saturated rings. The molecule has 0 aliphatic rings. The van der Waals surface area contributed by atoms with Crippen molar-refractivity contribution in [3.8, 4) is 0 Å². The van der Waals surface area contributed by atoms with Crippen LogP contribution in [0.4, 0.5) is 0 Å². The molecule has 112 valence electrons. The lowest BCUT2D eigenvalue weighted by molar-refractivity contribution is -0.139. The van der Waals surface area contributed by atoms with Crippen molar-refractivity contribution in [2.75, 3.05) is 13.2 Å². The third-order valence-corrected chi connectivity index (χ3v) is 2.24. The number of esters is 2. The average molecular weight is 280 g/mol. The van der Waals surface area contributed by atoms with Crippen LogP contribution in [0.25, 0.3) is 0 Å². The largest absolute Gasteiger partial charge is 0.458 e. The molecule has 4 heteroatoms. The Morgan fingerprint density at radius 1 is 0.750 bits per heavy atom. The molecule has 20 heavy (non-hydrogen) atoms. The van der Waals surface area contributed by atoms with E-state index in [1.165, 1.54) is 0 Å². The predicted octanol–water partition coefficient (Wildman–Crippen LogP) is 3.34. The minimum atomic E-state index is -0.551. The van der Waals surface area contributed by atoms with Gasteiger partial charge in [0.1, 0.15) is 13.2 Å². The summed E-state index contributed by atoms with van der Waals surface area (Å²) in [7, 11) is 0. The summed E-state index contributed by atoms with van der Waals surface area (Å²) in [5, 5.41) is 0. The molecule has 0 radical (unpaired) electrons. The van der Waals surface area contributed by atoms with Crippen LogP contribution < -0.4 is 0 Å². The molecule has 0 saturated carbocycles. The van der Waals surface area contributed by atoms with Gasteiger partial charge in [0.15, 0.2) is 0 Å². The zero-order valence-electron chi connectivity index (χ0n) is 12.3. The number of rotatable bonds is 10. The molecular weight excluding hydrogens is 256 g/mol. The van der Waals surface area contributed by atoms with Crippen molar-refractivity contribution in [1.29, 1.82) is 0 Å². The topological polar surface area (TPSA) is 52.6 Å². The SMILES string of the molecule is CCCC=CCOC(=O)C=CC(=O)OCC=CCCC. The van der Waals surface area contributed by atoms with Crippen molar-refractivity contribution >= 4 is 11.9 Å². The Kier molecular flexibility index (Phi) is 12.3. The lowest BCUT2D eigenvalue weighted by Crippen LogP contribution is -2.04. The smallest absolute Gasteiger partial charge is 0.331 e. The first-order chi connectivity index (χ1) is 9.70. The standard InChI is InChI=1S/C16H24O4/c1-3-5-7-9-13-19-15(17)11-12-16(18)20-14-10-8-6-4-2/h7-12H,3-6,13-14H2,1-2H3. The van der Waals surface area contributed by atoms with Crippen molar-refractivity contribution in [3.63, 3.8) is 0 Å². The maximum absolute atomic E-state index is 11.2. The Labute approximate surface area is 121 Å². The molecule has 0 bridgehead atoms. The molecular formula is C16H24O4. The van der Waals surface area contributed by atoms with Crippen LogP contribution in [0.3, 0.4) is 0 Å². The third kappa shape index (κ3) is 12.6. The van der Waals surface area contributed by atoms with Gasteiger partial charge < -0.3 is 9.47 Å². The Morgan fingerprint density at radius 3 is 1.50 bits per heavy atom. The van der Waals surface area contributed by atoms with Crippen LogP contribution in [-0.4, -0.2) is 25.2 Å². The van der Waals surface area contributed by atoms with Crippen molar-refractivity contribution < 1.29 is 19.1 Å². The fraction of sp³-hybridized carbons (Fsp3) is 0.500. The number of hydrogen-bond acceptors (Lipinski definition) is 4. The first kappa shape index (κ1) is 18.2. The van der Waals surface area contributed by atoms with Gasteiger partial charge in [-0.1, -0.05) is 51.0 Å². The lowest BCUT2D eigenvalue weighted by Gasteiger charge is -1.97. The minimum Gasteiger partial charge on any atom is -0.458 e. The zero-order chi connectivity index (χ0) is 15.1. The van der Waals surface area contributed by atoms with Crippen LogP contribution in [0.2, 0.25) is 0 Å². The summed E-state index contributed by atoms with van der Waals surface area (Å²) >= 11 is 0. The second-order valence-electron chi connectivity index (χ2n) is 4.11. The van der Waals surface area contributed by atoms with Crippen LogP contribution in [0.15, 0.2) is 36.5 Å². The summed E-state index contributed by atoms with van der Waals surface area (Å²) in [4.78, 5) is 22.5. The van der Waals surface area contributed by atoms with E-state index in [4.69, 9.17) is 9.47 Å². The fourth-order valence-electron chi connectivity index (χ4n) is 1.20. The first-order valence-electron chi connectivity index (χ1n) is 7.02. The predicted molar refractivity (Wildman–Crippen MR) is 79.2 cm³/mol. The van der Waals surface area contributed by atoms with Crippen LogP contribution in [0, 0.1) is 0 Å². The van der Waals surface area contributed by atoms with Gasteiger partial charge >= 0.3 is 11.9 Å². The molecule has 0 rings (SSSR count). The summed E-state index contributed by atoms with van der Waals surface area (Å²) in [5.74, 6) is -1.10. The van der Waals surface area contributed by atoms with Crippen LogP contribution in [0.5, 0.6) is 0 Å². The number of allylic oxidation sites excluding steroid dienone is 2. The molecule has 0 amide bonds. The van der Waals surface area contributed by atoms with E-state index in [9.17, 15) is 9.59 Å². The van der Waals surface area contributed by atoms with Gasteiger partial charge in [-0.3, -0.25) is 0 Å². The molecule has 0 atom stereocenters. The summed E-state index contributed by atoms with van der Waals surface area (Å²) in [5.41, 5.74) is 0. The van der Waals surface area contributed by atoms with E-state index in [-0.39, 0.29) is 13.2 Å². The fourth-order valence-corrected chi connectivity index (χ4v) is 1.20. The zero-order valence-corrected chi connectivity index (χ0v) is 12.3. The molecule has 0 spiro atoms. The second-order valence-corrected chi connectivity index (χ2v) is 4.11. The Hall–Kier alpha value is -1.84. The molecule has 0 aromatic heterocycles. The highest BCUT2D eigenvalue weighted by Gasteiger charge is 1.98. The minimum absolute atomic E-state index is 0.220. The number of carbonyl (C=O) groups is 2. The molecule has 0 aliphatic carbocycles. The van der Waals surface area contributed by atoms with Crippen molar-refractivity contribution in [2.24, 2.45) is 0 Å². The molecule has 0 N–H and O–H groups in total. The van der Waals surface area contributed by atoms with E-state index in [0.29, 0.717) is 0 Å². The first-order valence-corrected chi connectivity index (χ1v) is 7.02. The molecule has 0 aromatic carbocycles. The number of unbranched alkanes of at least 4 members (excludes halogenated alkanes) is 2. The average Bonchev–Trinajstić information content (AvgIpc) is 2.44. The van der Waals surface area contributed by atoms with Gasteiger partial charge in [0, 0.05) is 12.2 Å². The Bertz CT molecular complexity index is 319. The van der Waals surface area contributed by atoms with Gasteiger partial charge in [-0.15, -0.1) is 0 Å². The van der Waals surface area contributed by atoms with Crippen LogP contribution in [0.1, 0.15) is 39.5 Å². The maximum atomic E-state index is 11.2. The maximum Gasteiger partial charge on any atom is 0.331 e. The highest BCUT2D eigenvalue weighted by atomic mass is 16.5. The van der Waals surface area contributed by atoms with Gasteiger partial charge in [0.25, 0.3) is 0 Å². The van der Waals surface area contributed by atoms with E-state index in [0.717, 1.165) is 37.8 Å². The highest BCUT2D eigenvalue weighted by molar-refractivity contribution is 5.91. The molecule has 4 nitrogen and oxygen atoms in total. The lowest BCUT2D eigenvalue weighted by atomic mass is 10.3. The monoisotopic (exact) mass is 280 g/mol. The summed E-state index contributed by atoms with van der Waals surface area (Å²) < 4.78 is 9.72. The number of hydrogen-bond donors (Lipinski definition) is 0.